The molecule has 8 aromatic rings. The van der Waals surface area contributed by atoms with Crippen molar-refractivity contribution in [2.75, 3.05) is 0 Å². The molecule has 0 radical (unpaired) electrons. The molecule has 0 fully saturated rings. The molecule has 0 bridgehead atoms. The minimum Gasteiger partial charge on any atom is -0.254 e. The van der Waals surface area contributed by atoms with Crippen molar-refractivity contribution in [1.82, 2.24) is 9.97 Å². The first kappa shape index (κ1) is 23.0. The van der Waals surface area contributed by atoms with Crippen LogP contribution in [0.3, 0.4) is 0 Å². The van der Waals surface area contributed by atoms with E-state index in [0.29, 0.717) is 0 Å². The van der Waals surface area contributed by atoms with Gasteiger partial charge in [-0.3, -0.25) is 9.97 Å². The summed E-state index contributed by atoms with van der Waals surface area (Å²) in [4.78, 5) is 9.60. The van der Waals surface area contributed by atoms with Crippen molar-refractivity contribution in [2.45, 2.75) is 5.41 Å². The predicted molar refractivity (Wildman–Crippen MR) is 176 cm³/mol. The molecule has 0 aliphatic heterocycles. The molecule has 0 saturated heterocycles. The molecule has 1 spiro atoms. The van der Waals surface area contributed by atoms with E-state index in [1.807, 2.05) is 18.5 Å². The number of pyridine rings is 2. The number of nitrogens with zero attached hydrogens (tertiary/aromatic N) is 2. The van der Waals surface area contributed by atoms with E-state index in [2.05, 4.69) is 132 Å². The monoisotopic (exact) mass is 544 g/mol. The summed E-state index contributed by atoms with van der Waals surface area (Å²) in [7, 11) is 0. The zero-order valence-corrected chi connectivity index (χ0v) is 23.3. The highest BCUT2D eigenvalue weighted by Gasteiger charge is 2.49. The summed E-state index contributed by atoms with van der Waals surface area (Å²) in [6.45, 7) is 0. The zero-order chi connectivity index (χ0) is 28.1. The van der Waals surface area contributed by atoms with Gasteiger partial charge in [-0.15, -0.1) is 0 Å². The molecular formula is C41H24N2. The lowest BCUT2D eigenvalue weighted by atomic mass is 9.61. The maximum atomic E-state index is 4.96. The Labute approximate surface area is 248 Å². The van der Waals surface area contributed by atoms with Gasteiger partial charge in [-0.1, -0.05) is 115 Å². The Balaban J connectivity index is 1.31. The first-order valence-corrected chi connectivity index (χ1v) is 14.8. The molecule has 0 amide bonds. The molecule has 10 rings (SSSR count). The van der Waals surface area contributed by atoms with Crippen molar-refractivity contribution in [1.29, 1.82) is 0 Å². The van der Waals surface area contributed by atoms with Crippen LogP contribution < -0.4 is 0 Å². The summed E-state index contributed by atoms with van der Waals surface area (Å²) in [6.07, 6.45) is 3.86. The third-order valence-corrected chi connectivity index (χ3v) is 9.73. The summed E-state index contributed by atoms with van der Waals surface area (Å²) in [5, 5.41) is 4.84. The van der Waals surface area contributed by atoms with Crippen LogP contribution in [0.15, 0.2) is 146 Å². The van der Waals surface area contributed by atoms with Gasteiger partial charge in [-0.25, -0.2) is 0 Å². The van der Waals surface area contributed by atoms with Gasteiger partial charge < -0.3 is 0 Å². The van der Waals surface area contributed by atoms with E-state index in [-0.39, 0.29) is 0 Å². The molecule has 2 aliphatic rings. The van der Waals surface area contributed by atoms with E-state index >= 15 is 0 Å². The van der Waals surface area contributed by atoms with Gasteiger partial charge in [-0.05, 0) is 79.0 Å². The molecule has 2 aromatic heterocycles. The average molecular weight is 545 g/mol. The van der Waals surface area contributed by atoms with Crippen LogP contribution in [-0.2, 0) is 5.41 Å². The van der Waals surface area contributed by atoms with E-state index in [9.17, 15) is 0 Å². The van der Waals surface area contributed by atoms with Gasteiger partial charge in [0.2, 0.25) is 0 Å². The van der Waals surface area contributed by atoms with Crippen LogP contribution in [0.2, 0.25) is 0 Å². The second-order valence-electron chi connectivity index (χ2n) is 11.7. The average Bonchev–Trinajstić information content (AvgIpc) is 3.37. The molecule has 2 nitrogen and oxygen atoms in total. The lowest BCUT2D eigenvalue weighted by molar-refractivity contribution is 0.774. The van der Waals surface area contributed by atoms with Gasteiger partial charge >= 0.3 is 0 Å². The molecule has 0 saturated carbocycles. The van der Waals surface area contributed by atoms with Crippen molar-refractivity contribution in [3.05, 3.63) is 168 Å². The van der Waals surface area contributed by atoms with E-state index < -0.39 is 5.41 Å². The highest BCUT2D eigenvalue weighted by atomic mass is 14.7. The van der Waals surface area contributed by atoms with E-state index in [1.54, 1.807) is 0 Å². The number of benzene rings is 6. The molecule has 2 aliphatic carbocycles. The first-order chi connectivity index (χ1) is 21.3. The van der Waals surface area contributed by atoms with Crippen LogP contribution in [0.1, 0.15) is 22.3 Å². The van der Waals surface area contributed by atoms with Crippen LogP contribution in [0, 0.1) is 0 Å². The minimum absolute atomic E-state index is 0.420. The van der Waals surface area contributed by atoms with Crippen LogP contribution in [0.25, 0.3) is 66.0 Å². The Morgan fingerprint density at radius 3 is 1.88 bits per heavy atom. The standard InChI is InChI=1S/C41H24N2/c1-3-14-34-30(11-1)31-12-2-4-15-35(31)41(34)36-16-6-9-25-8-5-13-33(38(25)36)32-20-19-27(23-37(32)41)29-22-28-18-17-26-10-7-21-42-39(26)40(28)43-24-29/h1-24H. The van der Waals surface area contributed by atoms with E-state index in [1.165, 1.54) is 60.8 Å². The van der Waals surface area contributed by atoms with Crippen molar-refractivity contribution in [3.63, 3.8) is 0 Å². The Morgan fingerprint density at radius 2 is 1.05 bits per heavy atom. The number of aromatic nitrogens is 2. The quantitative estimate of drug-likeness (QED) is 0.192. The number of hydrogen-bond donors (Lipinski definition) is 0. The summed E-state index contributed by atoms with van der Waals surface area (Å²) in [6, 6.07) is 49.3. The Kier molecular flexibility index (Phi) is 4.41. The molecule has 0 atom stereocenters. The largest absolute Gasteiger partial charge is 0.254 e. The topological polar surface area (TPSA) is 25.8 Å². The maximum absolute atomic E-state index is 4.96. The number of rotatable bonds is 1. The molecule has 2 heterocycles. The second-order valence-corrected chi connectivity index (χ2v) is 11.7. The highest BCUT2D eigenvalue weighted by molar-refractivity contribution is 6.08. The van der Waals surface area contributed by atoms with Gasteiger partial charge in [0.1, 0.15) is 0 Å². The fourth-order valence-electron chi connectivity index (χ4n) is 8.00. The van der Waals surface area contributed by atoms with Gasteiger partial charge in [-0.2, -0.15) is 0 Å². The van der Waals surface area contributed by atoms with Crippen LogP contribution in [-0.4, -0.2) is 9.97 Å². The van der Waals surface area contributed by atoms with Crippen LogP contribution in [0.5, 0.6) is 0 Å². The van der Waals surface area contributed by atoms with Gasteiger partial charge in [0.15, 0.2) is 0 Å². The fraction of sp³-hybridized carbons (Fsp3) is 0.0244. The van der Waals surface area contributed by atoms with E-state index in [4.69, 9.17) is 4.98 Å². The summed E-state index contributed by atoms with van der Waals surface area (Å²) in [5.74, 6) is 0. The zero-order valence-electron chi connectivity index (χ0n) is 23.3. The molecule has 0 N–H and O–H groups in total. The molecule has 0 unspecified atom stereocenters. The summed E-state index contributed by atoms with van der Waals surface area (Å²) in [5.41, 5.74) is 14.4. The van der Waals surface area contributed by atoms with Crippen molar-refractivity contribution in [3.8, 4) is 33.4 Å². The molecule has 2 heteroatoms. The minimum atomic E-state index is -0.420. The summed E-state index contributed by atoms with van der Waals surface area (Å²) < 4.78 is 0. The van der Waals surface area contributed by atoms with Gasteiger partial charge in [0, 0.05) is 28.7 Å². The normalized spacial score (nSPS) is 13.8. The van der Waals surface area contributed by atoms with Crippen molar-refractivity contribution < 1.29 is 0 Å². The number of hydrogen-bond acceptors (Lipinski definition) is 2. The smallest absolute Gasteiger partial charge is 0.0964 e. The van der Waals surface area contributed by atoms with Gasteiger partial charge in [0.05, 0.1) is 16.4 Å². The van der Waals surface area contributed by atoms with Crippen LogP contribution >= 0.6 is 0 Å². The van der Waals surface area contributed by atoms with Crippen molar-refractivity contribution >= 4 is 32.6 Å². The van der Waals surface area contributed by atoms with Gasteiger partial charge in [0.25, 0.3) is 0 Å². The highest BCUT2D eigenvalue weighted by Crippen LogP contribution is 2.62. The Hall–Kier alpha value is -5.60. The second kappa shape index (κ2) is 8.24. The third kappa shape index (κ3) is 2.88. The van der Waals surface area contributed by atoms with E-state index in [0.717, 1.165) is 27.4 Å². The first-order valence-electron chi connectivity index (χ1n) is 14.8. The third-order valence-electron chi connectivity index (χ3n) is 9.73. The van der Waals surface area contributed by atoms with Crippen molar-refractivity contribution in [2.24, 2.45) is 0 Å². The molecule has 43 heavy (non-hydrogen) atoms. The lowest BCUT2D eigenvalue weighted by Gasteiger charge is -2.40. The molecular weight excluding hydrogens is 520 g/mol. The summed E-state index contributed by atoms with van der Waals surface area (Å²) >= 11 is 0. The Bertz CT molecular complexity index is 2420. The molecule has 6 aromatic carbocycles. The Morgan fingerprint density at radius 1 is 0.395 bits per heavy atom. The SMILES string of the molecule is c1ccc2c(c1)-c1ccccc1C21c2cc(-c3cnc4c(ccc5cccnc54)c3)ccc2-c2cccc3cccc1c23. The fourth-order valence-corrected chi connectivity index (χ4v) is 8.00. The number of fused-ring (bicyclic) bond motifs is 12. The predicted octanol–water partition coefficient (Wildman–Crippen LogP) is 9.95. The van der Waals surface area contributed by atoms with Crippen LogP contribution in [0.4, 0.5) is 0 Å². The molecule has 198 valence electrons. The lowest BCUT2D eigenvalue weighted by Crippen LogP contribution is -2.31. The maximum Gasteiger partial charge on any atom is 0.0964 e.